The first kappa shape index (κ1) is 21.0. The summed E-state index contributed by atoms with van der Waals surface area (Å²) in [5.41, 5.74) is -0.730. The number of hydrogen-bond donors (Lipinski definition) is 1. The van der Waals surface area contributed by atoms with Crippen LogP contribution in [0.3, 0.4) is 0 Å². The number of carbonyl (C=O) groups is 1. The van der Waals surface area contributed by atoms with Crippen LogP contribution in [0, 0.1) is 0 Å². The van der Waals surface area contributed by atoms with E-state index in [1.165, 1.54) is 12.1 Å². The van der Waals surface area contributed by atoms with Crippen LogP contribution < -0.4 is 9.47 Å². The molecule has 1 fully saturated rings. The second-order valence-corrected chi connectivity index (χ2v) is 6.95. The van der Waals surface area contributed by atoms with Crippen molar-refractivity contribution < 1.29 is 32.5 Å². The summed E-state index contributed by atoms with van der Waals surface area (Å²) < 4.78 is 49.1. The fourth-order valence-electron chi connectivity index (χ4n) is 3.33. The maximum Gasteiger partial charge on any atom is 0.416 e. The lowest BCUT2D eigenvalue weighted by Gasteiger charge is -2.27. The molecule has 3 rings (SSSR count). The summed E-state index contributed by atoms with van der Waals surface area (Å²) in [6.07, 6.45) is -2.56. The summed E-state index contributed by atoms with van der Waals surface area (Å²) in [6.45, 7) is 2.80. The molecule has 0 bridgehead atoms. The molecule has 1 unspecified atom stereocenters. The summed E-state index contributed by atoms with van der Waals surface area (Å²) in [4.78, 5) is 13.1. The highest BCUT2D eigenvalue weighted by Crippen LogP contribution is 2.31. The van der Waals surface area contributed by atoms with Crippen molar-refractivity contribution >= 4 is 5.97 Å². The van der Waals surface area contributed by atoms with E-state index in [9.17, 15) is 23.1 Å². The Morgan fingerprint density at radius 2 is 1.66 bits per heavy atom. The van der Waals surface area contributed by atoms with Gasteiger partial charge in [0.05, 0.1) is 5.56 Å². The van der Waals surface area contributed by atoms with E-state index in [1.807, 2.05) is 4.90 Å². The largest absolute Gasteiger partial charge is 0.492 e. The van der Waals surface area contributed by atoms with E-state index in [-0.39, 0.29) is 6.04 Å². The van der Waals surface area contributed by atoms with Crippen LogP contribution in [0.4, 0.5) is 13.2 Å². The predicted molar refractivity (Wildman–Crippen MR) is 100 cm³/mol. The number of hydrogen-bond acceptors (Lipinski definition) is 4. The number of rotatable bonds is 7. The Hall–Kier alpha value is -2.74. The maximum absolute atomic E-state index is 12.6. The Kier molecular flexibility index (Phi) is 6.32. The first-order chi connectivity index (χ1) is 13.7. The second-order valence-electron chi connectivity index (χ2n) is 6.95. The normalized spacial score (nSPS) is 18.4. The van der Waals surface area contributed by atoms with Gasteiger partial charge in [-0.25, -0.2) is 0 Å². The van der Waals surface area contributed by atoms with Crippen molar-refractivity contribution in [2.45, 2.75) is 38.0 Å². The molecular weight excluding hydrogens is 387 g/mol. The fraction of sp³-hybridized carbons (Fsp3) is 0.381. The molecule has 0 amide bonds. The van der Waals surface area contributed by atoms with Crippen molar-refractivity contribution in [3.8, 4) is 17.2 Å². The molecule has 8 heteroatoms. The molecule has 2 atom stereocenters. The molecule has 0 radical (unpaired) electrons. The molecule has 2 aromatic carbocycles. The molecule has 1 N–H and O–H groups in total. The van der Waals surface area contributed by atoms with Crippen LogP contribution in [0.25, 0.3) is 0 Å². The van der Waals surface area contributed by atoms with Gasteiger partial charge < -0.3 is 14.6 Å². The standard InChI is InChI=1S/C21H22F3NO4/c1-14(20(26)27)25-12-2-3-16(25)13-28-17-8-10-19(11-9-17)29-18-6-4-15(5-7-18)21(22,23)24/h4-11,14,16H,2-3,12-13H2,1H3,(H,26,27)/t14?,16-/m0/s1. The zero-order valence-electron chi connectivity index (χ0n) is 15.9. The topological polar surface area (TPSA) is 59.0 Å². The summed E-state index contributed by atoms with van der Waals surface area (Å²) in [5.74, 6) is 0.538. The lowest BCUT2D eigenvalue weighted by molar-refractivity contribution is -0.143. The lowest BCUT2D eigenvalue weighted by Crippen LogP contribution is -2.44. The number of halogens is 3. The quantitative estimate of drug-likeness (QED) is 0.711. The molecule has 1 aliphatic heterocycles. The summed E-state index contributed by atoms with van der Waals surface area (Å²) in [7, 11) is 0. The summed E-state index contributed by atoms with van der Waals surface area (Å²) >= 11 is 0. The molecular formula is C21H22F3NO4. The Morgan fingerprint density at radius 3 is 2.21 bits per heavy atom. The highest BCUT2D eigenvalue weighted by molar-refractivity contribution is 5.73. The van der Waals surface area contributed by atoms with Crippen LogP contribution in [-0.4, -0.2) is 41.2 Å². The minimum atomic E-state index is -4.38. The molecule has 29 heavy (non-hydrogen) atoms. The molecule has 156 valence electrons. The average Bonchev–Trinajstić information content (AvgIpc) is 3.15. The van der Waals surface area contributed by atoms with Crippen molar-refractivity contribution in [3.05, 3.63) is 54.1 Å². The Balaban J connectivity index is 1.54. The molecule has 0 saturated carbocycles. The summed E-state index contributed by atoms with van der Waals surface area (Å²) in [5, 5.41) is 9.20. The number of benzene rings is 2. The van der Waals surface area contributed by atoms with Crippen molar-refractivity contribution in [2.75, 3.05) is 13.2 Å². The van der Waals surface area contributed by atoms with E-state index >= 15 is 0 Å². The van der Waals surface area contributed by atoms with E-state index in [2.05, 4.69) is 0 Å². The molecule has 1 saturated heterocycles. The zero-order valence-corrected chi connectivity index (χ0v) is 15.9. The minimum absolute atomic E-state index is 0.0455. The third-order valence-corrected chi connectivity index (χ3v) is 4.96. The molecule has 0 spiro atoms. The van der Waals surface area contributed by atoms with Gasteiger partial charge in [0.1, 0.15) is 29.9 Å². The number of ether oxygens (including phenoxy) is 2. The Morgan fingerprint density at radius 1 is 1.10 bits per heavy atom. The van der Waals surface area contributed by atoms with Gasteiger partial charge in [-0.1, -0.05) is 0 Å². The first-order valence-electron chi connectivity index (χ1n) is 9.30. The molecule has 1 aliphatic rings. The van der Waals surface area contributed by atoms with Crippen molar-refractivity contribution in [1.29, 1.82) is 0 Å². The van der Waals surface area contributed by atoms with E-state index in [4.69, 9.17) is 9.47 Å². The molecule has 5 nitrogen and oxygen atoms in total. The van der Waals surface area contributed by atoms with Gasteiger partial charge in [-0.2, -0.15) is 13.2 Å². The van der Waals surface area contributed by atoms with E-state index in [0.717, 1.165) is 31.5 Å². The number of likely N-dealkylation sites (tertiary alicyclic amines) is 1. The second kappa shape index (κ2) is 8.73. The number of aliphatic carboxylic acids is 1. The number of alkyl halides is 3. The fourth-order valence-corrected chi connectivity index (χ4v) is 3.33. The van der Waals surface area contributed by atoms with E-state index in [0.29, 0.717) is 23.9 Å². The van der Waals surface area contributed by atoms with Crippen molar-refractivity contribution in [2.24, 2.45) is 0 Å². The SMILES string of the molecule is CC(C(=O)O)N1CCC[C@H]1COc1ccc(Oc2ccc(C(F)(F)F)cc2)cc1. The predicted octanol–water partition coefficient (Wildman–Crippen LogP) is 4.81. The van der Waals surface area contributed by atoms with Gasteiger partial charge in [0.15, 0.2) is 0 Å². The van der Waals surface area contributed by atoms with Gasteiger partial charge >= 0.3 is 12.1 Å². The van der Waals surface area contributed by atoms with Crippen molar-refractivity contribution in [3.63, 3.8) is 0 Å². The monoisotopic (exact) mass is 409 g/mol. The highest BCUT2D eigenvalue weighted by Gasteiger charge is 2.32. The van der Waals surface area contributed by atoms with Gasteiger partial charge in [-0.15, -0.1) is 0 Å². The van der Waals surface area contributed by atoms with Crippen LogP contribution in [0.5, 0.6) is 17.2 Å². The van der Waals surface area contributed by atoms with Gasteiger partial charge in [-0.3, -0.25) is 9.69 Å². The van der Waals surface area contributed by atoms with Gasteiger partial charge in [0.25, 0.3) is 0 Å². The van der Waals surface area contributed by atoms with Crippen molar-refractivity contribution in [1.82, 2.24) is 4.90 Å². The van der Waals surface area contributed by atoms with Crippen LogP contribution in [0.2, 0.25) is 0 Å². The third kappa shape index (κ3) is 5.41. The summed E-state index contributed by atoms with van der Waals surface area (Å²) in [6, 6.07) is 10.7. The number of carboxylic acids is 1. The van der Waals surface area contributed by atoms with Crippen LogP contribution in [-0.2, 0) is 11.0 Å². The number of carboxylic acid groups (broad SMARTS) is 1. The zero-order chi connectivity index (χ0) is 21.0. The molecule has 0 aromatic heterocycles. The first-order valence-corrected chi connectivity index (χ1v) is 9.30. The Labute approximate surface area is 166 Å². The third-order valence-electron chi connectivity index (χ3n) is 4.96. The van der Waals surface area contributed by atoms with Crippen LogP contribution >= 0.6 is 0 Å². The van der Waals surface area contributed by atoms with Gasteiger partial charge in [0, 0.05) is 6.04 Å². The average molecular weight is 409 g/mol. The Bertz CT molecular complexity index is 821. The molecule has 0 aliphatic carbocycles. The minimum Gasteiger partial charge on any atom is -0.492 e. The van der Waals surface area contributed by atoms with E-state index in [1.54, 1.807) is 31.2 Å². The van der Waals surface area contributed by atoms with Crippen LogP contribution in [0.15, 0.2) is 48.5 Å². The number of nitrogens with zero attached hydrogens (tertiary/aromatic N) is 1. The lowest BCUT2D eigenvalue weighted by atomic mass is 10.2. The molecule has 2 aromatic rings. The molecule has 1 heterocycles. The maximum atomic E-state index is 12.6. The van der Waals surface area contributed by atoms with Gasteiger partial charge in [-0.05, 0) is 74.8 Å². The highest BCUT2D eigenvalue weighted by atomic mass is 19.4. The smallest absolute Gasteiger partial charge is 0.416 e. The van der Waals surface area contributed by atoms with E-state index < -0.39 is 23.8 Å². The van der Waals surface area contributed by atoms with Gasteiger partial charge in [0.2, 0.25) is 0 Å². The van der Waals surface area contributed by atoms with Crippen LogP contribution in [0.1, 0.15) is 25.3 Å².